The predicted molar refractivity (Wildman–Crippen MR) is 83.7 cm³/mol. The Hall–Kier alpha value is -0.420. The van der Waals surface area contributed by atoms with Gasteiger partial charge in [0.25, 0.3) is 0 Å². The quantitative estimate of drug-likeness (QED) is 0.772. The number of hydrogen-bond acceptors (Lipinski definition) is 4. The summed E-state index contributed by atoms with van der Waals surface area (Å²) in [5.74, 6) is 0.908. The Kier molecular flexibility index (Phi) is 6.31. The molecule has 0 atom stereocenters. The van der Waals surface area contributed by atoms with Crippen molar-refractivity contribution in [3.8, 4) is 0 Å². The Bertz CT molecular complexity index is 329. The Morgan fingerprint density at radius 2 is 2.16 bits per heavy atom. The van der Waals surface area contributed by atoms with E-state index in [9.17, 15) is 0 Å². The number of thiophene rings is 1. The van der Waals surface area contributed by atoms with Crippen LogP contribution in [-0.2, 0) is 6.54 Å². The molecule has 2 rings (SSSR count). The van der Waals surface area contributed by atoms with Crippen LogP contribution in [0.15, 0.2) is 17.5 Å². The number of rotatable bonds is 7. The van der Waals surface area contributed by atoms with Gasteiger partial charge in [-0.25, -0.2) is 0 Å². The highest BCUT2D eigenvalue weighted by atomic mass is 32.1. The lowest BCUT2D eigenvalue weighted by Crippen LogP contribution is -2.40. The number of likely N-dealkylation sites (tertiary alicyclic amines) is 1. The Balaban J connectivity index is 1.53. The molecule has 0 aromatic carbocycles. The number of nitrogens with one attached hydrogen (secondary N) is 1. The molecule has 1 fully saturated rings. The summed E-state index contributed by atoms with van der Waals surface area (Å²) in [7, 11) is 4.36. The van der Waals surface area contributed by atoms with Gasteiger partial charge in [0.2, 0.25) is 0 Å². The third kappa shape index (κ3) is 5.61. The molecule has 1 N–H and O–H groups in total. The van der Waals surface area contributed by atoms with Gasteiger partial charge in [-0.3, -0.25) is 0 Å². The molecule has 1 aliphatic heterocycles. The minimum atomic E-state index is 0.908. The van der Waals surface area contributed by atoms with Crippen molar-refractivity contribution >= 4 is 11.3 Å². The van der Waals surface area contributed by atoms with Crippen LogP contribution in [0.25, 0.3) is 0 Å². The van der Waals surface area contributed by atoms with Crippen LogP contribution in [0.1, 0.15) is 17.7 Å². The van der Waals surface area contributed by atoms with Crippen LogP contribution in [0, 0.1) is 5.92 Å². The van der Waals surface area contributed by atoms with Crippen molar-refractivity contribution in [2.75, 3.05) is 46.8 Å². The molecule has 2 heterocycles. The summed E-state index contributed by atoms with van der Waals surface area (Å²) in [6.45, 7) is 7.13. The molecule has 0 amide bonds. The Labute approximate surface area is 121 Å². The second-order valence-corrected chi connectivity index (χ2v) is 6.84. The molecule has 0 saturated carbocycles. The molecule has 1 aromatic rings. The van der Waals surface area contributed by atoms with E-state index in [2.05, 4.69) is 46.7 Å². The van der Waals surface area contributed by atoms with Gasteiger partial charge in [0.15, 0.2) is 0 Å². The van der Waals surface area contributed by atoms with Crippen LogP contribution in [0.4, 0.5) is 0 Å². The first-order chi connectivity index (χ1) is 9.24. The molecule has 0 aliphatic carbocycles. The maximum atomic E-state index is 3.54. The first kappa shape index (κ1) is 15.0. The molecule has 4 heteroatoms. The van der Waals surface area contributed by atoms with Gasteiger partial charge < -0.3 is 15.1 Å². The van der Waals surface area contributed by atoms with E-state index in [-0.39, 0.29) is 0 Å². The lowest BCUT2D eigenvalue weighted by Gasteiger charge is -2.33. The highest BCUT2D eigenvalue weighted by molar-refractivity contribution is 7.09. The van der Waals surface area contributed by atoms with Crippen LogP contribution in [0.5, 0.6) is 0 Å². The fourth-order valence-corrected chi connectivity index (χ4v) is 3.45. The van der Waals surface area contributed by atoms with Crippen molar-refractivity contribution in [1.29, 1.82) is 0 Å². The first-order valence-corrected chi connectivity index (χ1v) is 8.22. The summed E-state index contributed by atoms with van der Waals surface area (Å²) in [6.07, 6.45) is 2.73. The number of piperidine rings is 1. The summed E-state index contributed by atoms with van der Waals surface area (Å²) in [6, 6.07) is 4.32. The molecule has 0 spiro atoms. The van der Waals surface area contributed by atoms with Gasteiger partial charge in [-0.2, -0.15) is 0 Å². The topological polar surface area (TPSA) is 18.5 Å². The van der Waals surface area contributed by atoms with E-state index in [1.54, 1.807) is 0 Å². The van der Waals surface area contributed by atoms with E-state index < -0.39 is 0 Å². The van der Waals surface area contributed by atoms with E-state index in [1.165, 1.54) is 43.9 Å². The Morgan fingerprint density at radius 1 is 1.37 bits per heavy atom. The monoisotopic (exact) mass is 281 g/mol. The second kappa shape index (κ2) is 8.00. The molecule has 0 radical (unpaired) electrons. The van der Waals surface area contributed by atoms with Gasteiger partial charge in [0.05, 0.1) is 0 Å². The van der Waals surface area contributed by atoms with E-state index in [4.69, 9.17) is 0 Å². The van der Waals surface area contributed by atoms with Gasteiger partial charge in [-0.05, 0) is 57.4 Å². The smallest absolute Gasteiger partial charge is 0.0300 e. The van der Waals surface area contributed by atoms with E-state index >= 15 is 0 Å². The summed E-state index contributed by atoms with van der Waals surface area (Å²) in [5, 5.41) is 5.68. The Morgan fingerprint density at radius 3 is 2.79 bits per heavy atom. The number of nitrogens with zero attached hydrogens (tertiary/aromatic N) is 2. The molecule has 3 nitrogen and oxygen atoms in total. The fraction of sp³-hybridized carbons (Fsp3) is 0.733. The average molecular weight is 281 g/mol. The minimum Gasteiger partial charge on any atom is -0.311 e. The largest absolute Gasteiger partial charge is 0.311 e. The molecule has 1 aliphatic rings. The summed E-state index contributed by atoms with van der Waals surface area (Å²) >= 11 is 1.83. The maximum absolute atomic E-state index is 3.54. The molecule has 1 saturated heterocycles. The molecule has 19 heavy (non-hydrogen) atoms. The average Bonchev–Trinajstić information content (AvgIpc) is 2.89. The summed E-state index contributed by atoms with van der Waals surface area (Å²) < 4.78 is 0. The molecular weight excluding hydrogens is 254 g/mol. The van der Waals surface area contributed by atoms with E-state index in [0.29, 0.717) is 0 Å². The zero-order valence-corrected chi connectivity index (χ0v) is 13.1. The minimum absolute atomic E-state index is 0.908. The third-order valence-electron chi connectivity index (χ3n) is 3.81. The summed E-state index contributed by atoms with van der Waals surface area (Å²) in [5.41, 5.74) is 0. The molecule has 1 aromatic heterocycles. The van der Waals surface area contributed by atoms with Crippen molar-refractivity contribution in [3.05, 3.63) is 22.4 Å². The van der Waals surface area contributed by atoms with E-state index in [0.717, 1.165) is 19.0 Å². The number of hydrogen-bond donors (Lipinski definition) is 1. The third-order valence-corrected chi connectivity index (χ3v) is 4.69. The normalized spacial score (nSPS) is 18.3. The molecular formula is C15H27N3S. The van der Waals surface area contributed by atoms with Crippen molar-refractivity contribution < 1.29 is 0 Å². The van der Waals surface area contributed by atoms with Gasteiger partial charge >= 0.3 is 0 Å². The van der Waals surface area contributed by atoms with Crippen molar-refractivity contribution in [1.82, 2.24) is 15.1 Å². The van der Waals surface area contributed by atoms with Crippen molar-refractivity contribution in [2.24, 2.45) is 5.92 Å². The van der Waals surface area contributed by atoms with Gasteiger partial charge in [-0.1, -0.05) is 6.07 Å². The lowest BCUT2D eigenvalue weighted by atomic mass is 9.96. The van der Waals surface area contributed by atoms with E-state index in [1.807, 2.05) is 11.3 Å². The SMILES string of the molecule is CN(C)CC1CCN(CCNCc2cccs2)CC1. The molecule has 0 unspecified atom stereocenters. The van der Waals surface area contributed by atoms with Crippen LogP contribution >= 0.6 is 11.3 Å². The zero-order valence-electron chi connectivity index (χ0n) is 12.3. The van der Waals surface area contributed by atoms with Crippen LogP contribution in [-0.4, -0.2) is 56.6 Å². The highest BCUT2D eigenvalue weighted by Gasteiger charge is 2.18. The first-order valence-electron chi connectivity index (χ1n) is 7.34. The van der Waals surface area contributed by atoms with Crippen LogP contribution < -0.4 is 5.32 Å². The molecule has 0 bridgehead atoms. The summed E-state index contributed by atoms with van der Waals surface area (Å²) in [4.78, 5) is 6.36. The predicted octanol–water partition coefficient (Wildman–Crippen LogP) is 2.11. The second-order valence-electron chi connectivity index (χ2n) is 5.80. The van der Waals surface area contributed by atoms with Gasteiger partial charge in [0, 0.05) is 31.1 Å². The zero-order chi connectivity index (χ0) is 13.5. The van der Waals surface area contributed by atoms with Crippen molar-refractivity contribution in [3.63, 3.8) is 0 Å². The van der Waals surface area contributed by atoms with Gasteiger partial charge in [0.1, 0.15) is 0 Å². The highest BCUT2D eigenvalue weighted by Crippen LogP contribution is 2.17. The lowest BCUT2D eigenvalue weighted by molar-refractivity contribution is 0.163. The maximum Gasteiger partial charge on any atom is 0.0300 e. The van der Waals surface area contributed by atoms with Crippen LogP contribution in [0.2, 0.25) is 0 Å². The fourth-order valence-electron chi connectivity index (χ4n) is 2.77. The van der Waals surface area contributed by atoms with Crippen molar-refractivity contribution in [2.45, 2.75) is 19.4 Å². The standard InChI is InChI=1S/C15H27N3S/c1-17(2)13-14-5-8-18(9-6-14)10-7-16-12-15-4-3-11-19-15/h3-4,11,14,16H,5-10,12-13H2,1-2H3. The molecule has 108 valence electrons. The van der Waals surface area contributed by atoms with Gasteiger partial charge in [-0.15, -0.1) is 11.3 Å². The van der Waals surface area contributed by atoms with Crippen LogP contribution in [0.3, 0.4) is 0 Å².